The van der Waals surface area contributed by atoms with Gasteiger partial charge in [-0.15, -0.1) is 0 Å². The summed E-state index contributed by atoms with van der Waals surface area (Å²) in [7, 11) is 0. The Labute approximate surface area is 138 Å². The number of aromatic nitrogens is 1. The lowest BCUT2D eigenvalue weighted by molar-refractivity contribution is -0.120. The van der Waals surface area contributed by atoms with E-state index in [4.69, 9.17) is 0 Å². The van der Waals surface area contributed by atoms with Crippen LogP contribution in [0, 0.1) is 5.82 Å². The predicted octanol–water partition coefficient (Wildman–Crippen LogP) is 1.34. The minimum atomic E-state index is -0.399. The Balaban J connectivity index is 1.60. The molecule has 1 aromatic carbocycles. The standard InChI is InChI=1S/C17H17FN4O2/c18-14-4-2-1-3-12(14)9-16(23)21-13-5-6-15(20-10-13)22-8-7-19-17(24)11-22/h1-6,10H,7-9,11H2,(H,19,24)(H,21,23). The zero-order valence-electron chi connectivity index (χ0n) is 13.0. The number of pyridine rings is 1. The molecule has 3 rings (SSSR count). The van der Waals surface area contributed by atoms with Crippen molar-refractivity contribution in [3.63, 3.8) is 0 Å². The number of amides is 2. The maximum absolute atomic E-state index is 13.5. The van der Waals surface area contributed by atoms with E-state index in [9.17, 15) is 14.0 Å². The molecule has 1 aliphatic rings. The van der Waals surface area contributed by atoms with Crippen LogP contribution in [-0.2, 0) is 16.0 Å². The summed E-state index contributed by atoms with van der Waals surface area (Å²) in [4.78, 5) is 29.5. The molecule has 0 bridgehead atoms. The fourth-order valence-corrected chi connectivity index (χ4v) is 2.50. The molecule has 6 nitrogen and oxygen atoms in total. The zero-order valence-corrected chi connectivity index (χ0v) is 13.0. The van der Waals surface area contributed by atoms with Gasteiger partial charge in [-0.25, -0.2) is 9.37 Å². The van der Waals surface area contributed by atoms with Crippen molar-refractivity contribution >= 4 is 23.3 Å². The number of hydrogen-bond donors (Lipinski definition) is 2. The van der Waals surface area contributed by atoms with Gasteiger partial charge in [0, 0.05) is 13.1 Å². The normalized spacial score (nSPS) is 14.2. The van der Waals surface area contributed by atoms with Gasteiger partial charge in [0.1, 0.15) is 11.6 Å². The molecule has 24 heavy (non-hydrogen) atoms. The van der Waals surface area contributed by atoms with Gasteiger partial charge in [-0.1, -0.05) is 18.2 Å². The molecule has 1 aliphatic heterocycles. The molecule has 1 saturated heterocycles. The molecule has 124 valence electrons. The highest BCUT2D eigenvalue weighted by atomic mass is 19.1. The van der Waals surface area contributed by atoms with Gasteiger partial charge >= 0.3 is 0 Å². The lowest BCUT2D eigenvalue weighted by Gasteiger charge is -2.27. The number of rotatable bonds is 4. The van der Waals surface area contributed by atoms with Crippen molar-refractivity contribution in [2.24, 2.45) is 0 Å². The van der Waals surface area contributed by atoms with Gasteiger partial charge in [-0.3, -0.25) is 9.59 Å². The Bertz CT molecular complexity index is 749. The summed E-state index contributed by atoms with van der Waals surface area (Å²) < 4.78 is 13.5. The molecule has 0 radical (unpaired) electrons. The number of anilines is 2. The Kier molecular flexibility index (Phi) is 4.69. The highest BCUT2D eigenvalue weighted by Crippen LogP contribution is 2.15. The van der Waals surface area contributed by atoms with Crippen LogP contribution in [-0.4, -0.2) is 36.4 Å². The lowest BCUT2D eigenvalue weighted by atomic mass is 10.1. The molecule has 7 heteroatoms. The van der Waals surface area contributed by atoms with Crippen molar-refractivity contribution < 1.29 is 14.0 Å². The van der Waals surface area contributed by atoms with Crippen LogP contribution >= 0.6 is 0 Å². The molecule has 2 N–H and O–H groups in total. The molecular formula is C17H17FN4O2. The van der Waals surface area contributed by atoms with Gasteiger partial charge in [0.25, 0.3) is 0 Å². The van der Waals surface area contributed by atoms with Crippen molar-refractivity contribution in [1.29, 1.82) is 0 Å². The van der Waals surface area contributed by atoms with E-state index in [0.717, 1.165) is 0 Å². The number of carbonyl (C=O) groups excluding carboxylic acids is 2. The largest absolute Gasteiger partial charge is 0.353 e. The summed E-state index contributed by atoms with van der Waals surface area (Å²) in [5.41, 5.74) is 0.875. The summed E-state index contributed by atoms with van der Waals surface area (Å²) in [6.45, 7) is 1.55. The number of piperazine rings is 1. The van der Waals surface area contributed by atoms with E-state index >= 15 is 0 Å². The van der Waals surface area contributed by atoms with E-state index in [0.29, 0.717) is 30.2 Å². The predicted molar refractivity (Wildman–Crippen MR) is 88.2 cm³/mol. The fraction of sp³-hybridized carbons (Fsp3) is 0.235. The van der Waals surface area contributed by atoms with Crippen LogP contribution in [0.15, 0.2) is 42.6 Å². The third-order valence-electron chi connectivity index (χ3n) is 3.70. The number of carbonyl (C=O) groups is 2. The molecule has 2 aromatic rings. The van der Waals surface area contributed by atoms with Crippen LogP contribution in [0.25, 0.3) is 0 Å². The number of halogens is 1. The Morgan fingerprint density at radius 3 is 2.83 bits per heavy atom. The molecule has 0 spiro atoms. The highest BCUT2D eigenvalue weighted by Gasteiger charge is 2.17. The smallest absolute Gasteiger partial charge is 0.239 e. The first-order chi connectivity index (χ1) is 11.6. The van der Waals surface area contributed by atoms with E-state index in [1.165, 1.54) is 12.3 Å². The third kappa shape index (κ3) is 3.87. The van der Waals surface area contributed by atoms with Crippen molar-refractivity contribution in [2.75, 3.05) is 29.9 Å². The number of nitrogens with one attached hydrogen (secondary N) is 2. The monoisotopic (exact) mass is 328 g/mol. The average Bonchev–Trinajstić information content (AvgIpc) is 2.58. The van der Waals surface area contributed by atoms with E-state index in [1.807, 2.05) is 4.90 Å². The van der Waals surface area contributed by atoms with Crippen molar-refractivity contribution in [3.8, 4) is 0 Å². The zero-order chi connectivity index (χ0) is 16.9. The summed E-state index contributed by atoms with van der Waals surface area (Å²) >= 11 is 0. The van der Waals surface area contributed by atoms with Crippen LogP contribution in [0.3, 0.4) is 0 Å². The minimum Gasteiger partial charge on any atom is -0.353 e. The molecule has 0 unspecified atom stereocenters. The summed E-state index contributed by atoms with van der Waals surface area (Å²) in [6, 6.07) is 9.65. The SMILES string of the molecule is O=C1CN(c2ccc(NC(=O)Cc3ccccc3F)cn2)CCN1. The Hall–Kier alpha value is -2.96. The molecule has 0 atom stereocenters. The Morgan fingerprint density at radius 1 is 1.29 bits per heavy atom. The van der Waals surface area contributed by atoms with E-state index < -0.39 is 5.82 Å². The third-order valence-corrected chi connectivity index (χ3v) is 3.70. The Morgan fingerprint density at radius 2 is 2.12 bits per heavy atom. The first-order valence-corrected chi connectivity index (χ1v) is 7.63. The first-order valence-electron chi connectivity index (χ1n) is 7.63. The van der Waals surface area contributed by atoms with Gasteiger partial charge < -0.3 is 15.5 Å². The first kappa shape index (κ1) is 15.9. The second-order valence-corrected chi connectivity index (χ2v) is 5.49. The van der Waals surface area contributed by atoms with Crippen molar-refractivity contribution in [2.45, 2.75) is 6.42 Å². The molecule has 2 amide bonds. The van der Waals surface area contributed by atoms with Crippen molar-refractivity contribution in [1.82, 2.24) is 10.3 Å². The molecule has 2 heterocycles. The lowest BCUT2D eigenvalue weighted by Crippen LogP contribution is -2.48. The van der Waals surface area contributed by atoms with E-state index in [-0.39, 0.29) is 24.8 Å². The van der Waals surface area contributed by atoms with E-state index in [2.05, 4.69) is 15.6 Å². The number of nitrogens with zero attached hydrogens (tertiary/aromatic N) is 2. The number of hydrogen-bond acceptors (Lipinski definition) is 4. The topological polar surface area (TPSA) is 74.3 Å². The maximum Gasteiger partial charge on any atom is 0.239 e. The van der Waals surface area contributed by atoms with Crippen LogP contribution in [0.5, 0.6) is 0 Å². The minimum absolute atomic E-state index is 0.0367. The van der Waals surface area contributed by atoms with Crippen LogP contribution in [0.1, 0.15) is 5.56 Å². The van der Waals surface area contributed by atoms with Gasteiger partial charge in [0.15, 0.2) is 0 Å². The second-order valence-electron chi connectivity index (χ2n) is 5.49. The second kappa shape index (κ2) is 7.08. The van der Waals surface area contributed by atoms with Crippen molar-refractivity contribution in [3.05, 3.63) is 54.0 Å². The average molecular weight is 328 g/mol. The molecule has 1 aromatic heterocycles. The fourth-order valence-electron chi connectivity index (χ4n) is 2.50. The van der Waals surface area contributed by atoms with E-state index in [1.54, 1.807) is 30.3 Å². The quantitative estimate of drug-likeness (QED) is 0.888. The summed E-state index contributed by atoms with van der Waals surface area (Å²) in [5, 5.41) is 5.44. The van der Waals surface area contributed by atoms with Crippen LogP contribution in [0.2, 0.25) is 0 Å². The van der Waals surface area contributed by atoms with Crippen LogP contribution in [0.4, 0.5) is 15.9 Å². The molecule has 0 aliphatic carbocycles. The molecular weight excluding hydrogens is 311 g/mol. The van der Waals surface area contributed by atoms with Crippen LogP contribution < -0.4 is 15.5 Å². The maximum atomic E-state index is 13.5. The van der Waals surface area contributed by atoms with Gasteiger partial charge in [-0.2, -0.15) is 0 Å². The molecule has 0 saturated carbocycles. The highest BCUT2D eigenvalue weighted by molar-refractivity contribution is 5.92. The van der Waals surface area contributed by atoms with Gasteiger partial charge in [0.05, 0.1) is 24.8 Å². The molecule has 1 fully saturated rings. The van der Waals surface area contributed by atoms with Gasteiger partial charge in [0.2, 0.25) is 11.8 Å². The summed E-state index contributed by atoms with van der Waals surface area (Å²) in [6.07, 6.45) is 1.49. The number of benzene rings is 1. The van der Waals surface area contributed by atoms with Gasteiger partial charge in [-0.05, 0) is 23.8 Å². The summed E-state index contributed by atoms with van der Waals surface area (Å²) in [5.74, 6) is -0.0706.